The van der Waals surface area contributed by atoms with Crippen molar-refractivity contribution in [2.45, 2.75) is 89.4 Å². The van der Waals surface area contributed by atoms with Crippen molar-refractivity contribution in [1.29, 1.82) is 0 Å². The molecule has 4 aliphatic heterocycles. The Kier molecular flexibility index (Phi) is 6.44. The predicted octanol–water partition coefficient (Wildman–Crippen LogP) is 5.45. The molecule has 2 saturated heterocycles. The van der Waals surface area contributed by atoms with Crippen LogP contribution in [0.2, 0.25) is 0 Å². The van der Waals surface area contributed by atoms with E-state index in [9.17, 15) is 23.6 Å². The summed E-state index contributed by atoms with van der Waals surface area (Å²) in [7, 11) is 0. The molecule has 0 bridgehead atoms. The number of amides is 4. The molecule has 48 heavy (non-hydrogen) atoms. The maximum absolute atomic E-state index is 13.9. The third kappa shape index (κ3) is 6.61. The first kappa shape index (κ1) is 22.1. The molecule has 8 nitrogen and oxygen atoms in total. The van der Waals surface area contributed by atoms with Crippen molar-refractivity contribution in [3.8, 4) is 0 Å². The van der Waals surface area contributed by atoms with Crippen molar-refractivity contribution in [3.63, 3.8) is 0 Å². The Morgan fingerprint density at radius 2 is 1.29 bits per heavy atom. The van der Waals surface area contributed by atoms with Crippen molar-refractivity contribution in [2.75, 3.05) is 39.3 Å². The van der Waals surface area contributed by atoms with Gasteiger partial charge in [0, 0.05) is 53.1 Å². The van der Waals surface area contributed by atoms with Crippen LogP contribution in [0.3, 0.4) is 0 Å². The van der Waals surface area contributed by atoms with Crippen LogP contribution in [0.1, 0.15) is 114 Å². The first-order chi connectivity index (χ1) is 27.3. The van der Waals surface area contributed by atoms with Crippen LogP contribution in [0, 0.1) is 23.5 Å². The molecule has 0 radical (unpaired) electrons. The minimum atomic E-state index is -2.69. The maximum Gasteiger partial charge on any atom is 0.242 e. The molecule has 4 fully saturated rings. The highest BCUT2D eigenvalue weighted by molar-refractivity contribution is 5.88. The van der Waals surface area contributed by atoms with Crippen LogP contribution < -0.4 is 0 Å². The molecular weight excluding hydrogens is 607 g/mol. The average Bonchev–Trinajstić information content (AvgIpc) is 3.15. The monoisotopic (exact) mass is 667 g/mol. The van der Waals surface area contributed by atoms with Crippen LogP contribution in [0.4, 0.5) is 4.39 Å². The number of benzene rings is 2. The van der Waals surface area contributed by atoms with E-state index in [-0.39, 0.29) is 56.9 Å². The van der Waals surface area contributed by atoms with Gasteiger partial charge in [0.2, 0.25) is 23.6 Å². The van der Waals surface area contributed by atoms with Gasteiger partial charge in [-0.2, -0.15) is 0 Å². The molecule has 0 aromatic heterocycles. The molecular formula is C39H49FN4O4. The normalized spacial score (nSPS) is 37.4. The number of halogens is 1. The summed E-state index contributed by atoms with van der Waals surface area (Å²) in [5, 5.41) is 0. The fraction of sp³-hybridized carbons (Fsp3) is 0.590. The van der Waals surface area contributed by atoms with Gasteiger partial charge in [-0.25, -0.2) is 4.39 Å². The number of rotatable bonds is 2. The summed E-state index contributed by atoms with van der Waals surface area (Å²) in [6.07, 6.45) is -12.0. The van der Waals surface area contributed by atoms with E-state index in [1.807, 2.05) is 24.3 Å². The lowest BCUT2D eigenvalue weighted by Crippen LogP contribution is -2.56. The zero-order valence-electron chi connectivity index (χ0n) is 38.1. The summed E-state index contributed by atoms with van der Waals surface area (Å²) < 4.78 is 103. The summed E-state index contributed by atoms with van der Waals surface area (Å²) in [6, 6.07) is 11.6. The van der Waals surface area contributed by atoms with Gasteiger partial charge in [-0.3, -0.25) is 19.2 Å². The third-order valence-corrected chi connectivity index (χ3v) is 10.4. The Hall–Kier alpha value is -3.75. The first-order valence-corrected chi connectivity index (χ1v) is 16.8. The lowest BCUT2D eigenvalue weighted by atomic mass is 9.82. The third-order valence-electron chi connectivity index (χ3n) is 10.4. The number of hydrogen-bond donors (Lipinski definition) is 0. The van der Waals surface area contributed by atoms with Crippen LogP contribution in [-0.2, 0) is 32.0 Å². The fourth-order valence-corrected chi connectivity index (χ4v) is 7.74. The van der Waals surface area contributed by atoms with Crippen LogP contribution in [0.15, 0.2) is 42.5 Å². The SMILES string of the molecule is [2H]C1([2H])CC(C(=O)N2CC(=O)N3CCc4ccc(F)cc4[C@@H]3C2)CC([2H])([2H])C1([2H])C.[2H]C1([2H])CC(C(=O)N2CC(=O)N3CCc4ccccc4[C@@H]3C2)CC([2H])([2H])C1([2H])[2H]. The van der Waals surface area contributed by atoms with E-state index in [0.717, 1.165) is 23.1 Å². The quantitative estimate of drug-likeness (QED) is 0.427. The van der Waals surface area contributed by atoms with Gasteiger partial charge in [-0.1, -0.05) is 56.4 Å². The molecule has 0 spiro atoms. The van der Waals surface area contributed by atoms with Crippen molar-refractivity contribution >= 4 is 23.6 Å². The number of nitrogens with zero attached hydrogens (tertiary/aromatic N) is 4. The Labute approximate surface area is 299 Å². The zero-order chi connectivity index (χ0) is 43.2. The zero-order valence-corrected chi connectivity index (χ0v) is 27.1. The molecule has 2 aliphatic carbocycles. The predicted molar refractivity (Wildman–Crippen MR) is 180 cm³/mol. The Bertz CT molecular complexity index is 2010. The number of carbonyl (C=O) groups is 4. The molecule has 2 aromatic rings. The van der Waals surface area contributed by atoms with E-state index in [2.05, 4.69) is 0 Å². The molecule has 6 aliphatic rings. The van der Waals surface area contributed by atoms with Crippen molar-refractivity contribution < 1.29 is 38.6 Å². The van der Waals surface area contributed by atoms with Gasteiger partial charge < -0.3 is 19.6 Å². The second-order valence-corrected chi connectivity index (χ2v) is 13.4. The summed E-state index contributed by atoms with van der Waals surface area (Å²) in [6.45, 7) is 2.52. The lowest BCUT2D eigenvalue weighted by Gasteiger charge is -2.45. The first-order valence-electron chi connectivity index (χ1n) is 22.3. The standard InChI is InChI=1S/C20H25FN2O2.C19H24N2O2/c1-13-2-4-15(5-3-13)20(25)22-11-18-17-10-16(21)7-6-14(17)8-9-23(18)19(24)12-22;22-18-13-20(19(23)15-7-2-1-3-8-15)12-17-16-9-5-4-6-14(16)10-11-21(17)18/h6-7,10,13,15,18H,2-5,8-9,11-12H2,1H3;4-6,9,15,17H,1-3,7-8,10-13H2/t13?,15?,18-;17-/m00/s1/i2D2,3D2,13D;1D2,2D2,3D2. The molecule has 9 heteroatoms. The largest absolute Gasteiger partial charge is 0.332 e. The summed E-state index contributed by atoms with van der Waals surface area (Å²) >= 11 is 0. The number of piperazine rings is 2. The number of carbonyl (C=O) groups excluding carboxylic acids is 4. The van der Waals surface area contributed by atoms with Crippen molar-refractivity contribution in [2.24, 2.45) is 17.7 Å². The Morgan fingerprint density at radius 3 is 1.92 bits per heavy atom. The lowest BCUT2D eigenvalue weighted by molar-refractivity contribution is -0.152. The summed E-state index contributed by atoms with van der Waals surface area (Å²) in [5.41, 5.74) is 3.78. The highest BCUT2D eigenvalue weighted by atomic mass is 19.1. The van der Waals surface area contributed by atoms with E-state index in [4.69, 9.17) is 15.1 Å². The fourth-order valence-electron chi connectivity index (χ4n) is 7.74. The van der Waals surface area contributed by atoms with Gasteiger partial charge in [0.05, 0.1) is 25.2 Å². The molecule has 4 heterocycles. The molecule has 8 rings (SSSR count). The van der Waals surface area contributed by atoms with Crippen LogP contribution in [-0.4, -0.2) is 82.5 Å². The van der Waals surface area contributed by atoms with Crippen LogP contribution >= 0.6 is 0 Å². The second-order valence-electron chi connectivity index (χ2n) is 13.4. The van der Waals surface area contributed by atoms with E-state index >= 15 is 0 Å². The van der Waals surface area contributed by atoms with Gasteiger partial charge in [-0.15, -0.1) is 0 Å². The highest BCUT2D eigenvalue weighted by Crippen LogP contribution is 2.37. The van der Waals surface area contributed by atoms with Crippen molar-refractivity contribution in [1.82, 2.24) is 19.6 Å². The van der Waals surface area contributed by atoms with E-state index in [1.165, 1.54) is 28.9 Å². The topological polar surface area (TPSA) is 81.2 Å². The highest BCUT2D eigenvalue weighted by Gasteiger charge is 2.42. The molecule has 0 unspecified atom stereocenters. The molecule has 2 saturated carbocycles. The summed E-state index contributed by atoms with van der Waals surface area (Å²) in [4.78, 5) is 58.1. The van der Waals surface area contributed by atoms with Gasteiger partial charge >= 0.3 is 0 Å². The molecule has 2 aromatic carbocycles. The molecule has 0 N–H and O–H groups in total. The number of hydrogen-bond acceptors (Lipinski definition) is 4. The van der Waals surface area contributed by atoms with Crippen LogP contribution in [0.5, 0.6) is 0 Å². The molecule has 2 atom stereocenters. The Balaban J connectivity index is 0.000000179. The number of fused-ring (bicyclic) bond motifs is 6. The van der Waals surface area contributed by atoms with E-state index in [1.54, 1.807) is 15.9 Å². The minimum absolute atomic E-state index is 0.104. The molecule has 4 amide bonds. The van der Waals surface area contributed by atoms with Crippen molar-refractivity contribution in [3.05, 3.63) is 70.5 Å². The summed E-state index contributed by atoms with van der Waals surface area (Å²) in [5.74, 6) is -5.70. The minimum Gasteiger partial charge on any atom is -0.332 e. The van der Waals surface area contributed by atoms with E-state index in [0.29, 0.717) is 25.1 Å². The van der Waals surface area contributed by atoms with Gasteiger partial charge in [-0.05, 0) is 91.6 Å². The smallest absolute Gasteiger partial charge is 0.242 e. The van der Waals surface area contributed by atoms with Crippen LogP contribution in [0.25, 0.3) is 0 Å². The van der Waals surface area contributed by atoms with Gasteiger partial charge in [0.1, 0.15) is 5.82 Å². The van der Waals surface area contributed by atoms with Gasteiger partial charge in [0.25, 0.3) is 0 Å². The van der Waals surface area contributed by atoms with E-state index < -0.39 is 86.1 Å². The average molecular weight is 668 g/mol. The van der Waals surface area contributed by atoms with Gasteiger partial charge in [0.15, 0.2) is 0 Å². The maximum atomic E-state index is 13.9. The molecule has 256 valence electrons. The Morgan fingerprint density at radius 1 is 0.750 bits per heavy atom. The second kappa shape index (κ2) is 14.0.